The van der Waals surface area contributed by atoms with Gasteiger partial charge in [-0.1, -0.05) is 13.0 Å². The van der Waals surface area contributed by atoms with Crippen LogP contribution in [0.2, 0.25) is 0 Å². The van der Waals surface area contributed by atoms with Gasteiger partial charge in [-0.2, -0.15) is 0 Å². The number of ether oxygens (including phenoxy) is 2. The van der Waals surface area contributed by atoms with E-state index >= 15 is 0 Å². The zero-order valence-electron chi connectivity index (χ0n) is 14.4. The number of carbonyl (C=O) groups is 1. The summed E-state index contributed by atoms with van der Waals surface area (Å²) >= 11 is 0. The van der Waals surface area contributed by atoms with E-state index in [4.69, 9.17) is 9.47 Å². The van der Waals surface area contributed by atoms with Gasteiger partial charge in [-0.25, -0.2) is 0 Å². The van der Waals surface area contributed by atoms with Gasteiger partial charge in [-0.05, 0) is 24.1 Å². The summed E-state index contributed by atoms with van der Waals surface area (Å²) in [4.78, 5) is 16.5. The van der Waals surface area contributed by atoms with Crippen molar-refractivity contribution in [2.75, 3.05) is 46.1 Å². The lowest BCUT2D eigenvalue weighted by Crippen LogP contribution is -2.46. The molecule has 0 unspecified atom stereocenters. The molecule has 0 spiro atoms. The molecule has 0 bridgehead atoms. The monoisotopic (exact) mass is 333 g/mol. The molecule has 1 saturated heterocycles. The second-order valence-corrected chi connectivity index (χ2v) is 6.41. The fraction of sp³-hybridized carbons (Fsp3) is 0.611. The third kappa shape index (κ3) is 4.61. The van der Waals surface area contributed by atoms with Crippen LogP contribution in [0.1, 0.15) is 25.3 Å². The van der Waals surface area contributed by atoms with Crippen LogP contribution in [-0.2, 0) is 11.3 Å². The number of carbonyl (C=O) groups excluding carboxylic acids is 1. The molecule has 1 aromatic carbocycles. The van der Waals surface area contributed by atoms with Crippen LogP contribution < -0.4 is 14.8 Å². The van der Waals surface area contributed by atoms with Gasteiger partial charge in [-0.15, -0.1) is 0 Å². The maximum absolute atomic E-state index is 11.7. The van der Waals surface area contributed by atoms with Crippen molar-refractivity contribution in [1.29, 1.82) is 0 Å². The zero-order chi connectivity index (χ0) is 16.8. The molecule has 0 radical (unpaired) electrons. The van der Waals surface area contributed by atoms with Gasteiger partial charge >= 0.3 is 0 Å². The highest BCUT2D eigenvalue weighted by atomic mass is 16.7. The van der Waals surface area contributed by atoms with E-state index in [1.807, 2.05) is 6.07 Å². The number of nitrogens with zero attached hydrogens (tertiary/aromatic N) is 2. The minimum Gasteiger partial charge on any atom is -0.454 e. The summed E-state index contributed by atoms with van der Waals surface area (Å²) in [6.45, 7) is 9.06. The lowest BCUT2D eigenvalue weighted by atomic mass is 10.1. The average Bonchev–Trinajstić information content (AvgIpc) is 3.07. The molecule has 1 amide bonds. The van der Waals surface area contributed by atoms with E-state index in [0.717, 1.165) is 63.7 Å². The Morgan fingerprint density at radius 2 is 1.88 bits per heavy atom. The van der Waals surface area contributed by atoms with Crippen molar-refractivity contribution in [3.8, 4) is 11.5 Å². The molecule has 0 atom stereocenters. The minimum atomic E-state index is 0.166. The smallest absolute Gasteiger partial charge is 0.231 e. The first kappa shape index (κ1) is 17.0. The predicted octanol–water partition coefficient (Wildman–Crippen LogP) is 1.45. The Bertz CT molecular complexity index is 556. The molecular formula is C18H27N3O3. The molecule has 132 valence electrons. The molecule has 0 aliphatic carbocycles. The van der Waals surface area contributed by atoms with Gasteiger partial charge in [0.2, 0.25) is 12.7 Å². The molecule has 3 rings (SSSR count). The van der Waals surface area contributed by atoms with Crippen LogP contribution in [-0.4, -0.2) is 61.8 Å². The van der Waals surface area contributed by atoms with E-state index in [2.05, 4.69) is 34.2 Å². The van der Waals surface area contributed by atoms with Gasteiger partial charge in [-0.3, -0.25) is 9.69 Å². The topological polar surface area (TPSA) is 54.0 Å². The molecular weight excluding hydrogens is 306 g/mol. The van der Waals surface area contributed by atoms with E-state index in [9.17, 15) is 4.79 Å². The largest absolute Gasteiger partial charge is 0.454 e. The van der Waals surface area contributed by atoms with Gasteiger partial charge in [0, 0.05) is 52.2 Å². The summed E-state index contributed by atoms with van der Waals surface area (Å²) in [5, 5.41) is 2.94. The van der Waals surface area contributed by atoms with E-state index in [0.29, 0.717) is 13.2 Å². The lowest BCUT2D eigenvalue weighted by Gasteiger charge is -2.34. The first-order valence-corrected chi connectivity index (χ1v) is 8.84. The van der Waals surface area contributed by atoms with Crippen LogP contribution in [0.5, 0.6) is 11.5 Å². The number of hydrogen-bond acceptors (Lipinski definition) is 5. The number of nitrogens with one attached hydrogen (secondary N) is 1. The van der Waals surface area contributed by atoms with Crippen LogP contribution in [0.25, 0.3) is 0 Å². The van der Waals surface area contributed by atoms with Crippen LogP contribution in [0.4, 0.5) is 0 Å². The third-order valence-corrected chi connectivity index (χ3v) is 4.54. The van der Waals surface area contributed by atoms with E-state index in [-0.39, 0.29) is 5.91 Å². The predicted molar refractivity (Wildman–Crippen MR) is 92.2 cm³/mol. The summed E-state index contributed by atoms with van der Waals surface area (Å²) < 4.78 is 10.8. The molecule has 6 heteroatoms. The van der Waals surface area contributed by atoms with Crippen LogP contribution in [0.15, 0.2) is 18.2 Å². The van der Waals surface area contributed by atoms with E-state index in [1.54, 1.807) is 0 Å². The van der Waals surface area contributed by atoms with Crippen molar-refractivity contribution in [1.82, 2.24) is 15.1 Å². The van der Waals surface area contributed by atoms with Gasteiger partial charge < -0.3 is 19.7 Å². The van der Waals surface area contributed by atoms with Gasteiger partial charge in [0.1, 0.15) is 0 Å². The number of fused-ring (bicyclic) bond motifs is 1. The second-order valence-electron chi connectivity index (χ2n) is 6.41. The molecule has 1 N–H and O–H groups in total. The SMILES string of the molecule is CCCNC(=O)CCN1CCN(Cc2ccc3c(c2)OCO3)CC1. The summed E-state index contributed by atoms with van der Waals surface area (Å²) in [6.07, 6.45) is 1.59. The standard InChI is InChI=1S/C18H27N3O3/c1-2-6-19-18(22)5-7-20-8-10-21(11-9-20)13-15-3-4-16-17(12-15)24-14-23-16/h3-4,12H,2,5-11,13-14H2,1H3,(H,19,22). The maximum Gasteiger partial charge on any atom is 0.231 e. The maximum atomic E-state index is 11.7. The van der Waals surface area contributed by atoms with Gasteiger partial charge in [0.05, 0.1) is 0 Å². The number of rotatable bonds is 7. The van der Waals surface area contributed by atoms with E-state index < -0.39 is 0 Å². The molecule has 0 saturated carbocycles. The number of piperazine rings is 1. The van der Waals surface area contributed by atoms with Crippen molar-refractivity contribution < 1.29 is 14.3 Å². The average molecular weight is 333 g/mol. The molecule has 24 heavy (non-hydrogen) atoms. The molecule has 0 aromatic heterocycles. The number of amides is 1. The molecule has 2 heterocycles. The number of hydrogen-bond donors (Lipinski definition) is 1. The highest BCUT2D eigenvalue weighted by molar-refractivity contribution is 5.75. The summed E-state index contributed by atoms with van der Waals surface area (Å²) in [5.41, 5.74) is 1.26. The third-order valence-electron chi connectivity index (χ3n) is 4.54. The Kier molecular flexibility index (Phi) is 5.93. The van der Waals surface area contributed by atoms with Crippen LogP contribution in [0.3, 0.4) is 0 Å². The van der Waals surface area contributed by atoms with E-state index in [1.165, 1.54) is 5.56 Å². The van der Waals surface area contributed by atoms with Crippen molar-refractivity contribution in [2.24, 2.45) is 0 Å². The van der Waals surface area contributed by atoms with Crippen LogP contribution in [0, 0.1) is 0 Å². The Hall–Kier alpha value is -1.79. The Balaban J connectivity index is 1.38. The Morgan fingerprint density at radius 1 is 1.12 bits per heavy atom. The first-order chi connectivity index (χ1) is 11.7. The summed E-state index contributed by atoms with van der Waals surface area (Å²) in [5.74, 6) is 1.86. The van der Waals surface area contributed by atoms with Crippen molar-refractivity contribution in [3.63, 3.8) is 0 Å². The normalized spacial score (nSPS) is 17.9. The van der Waals surface area contributed by atoms with Gasteiger partial charge in [0.25, 0.3) is 0 Å². The second kappa shape index (κ2) is 8.35. The summed E-state index contributed by atoms with van der Waals surface area (Å²) in [6, 6.07) is 6.17. The fourth-order valence-corrected chi connectivity index (χ4v) is 3.08. The molecule has 1 fully saturated rings. The van der Waals surface area contributed by atoms with Crippen molar-refractivity contribution in [2.45, 2.75) is 26.3 Å². The number of benzene rings is 1. The molecule has 1 aromatic rings. The molecule has 6 nitrogen and oxygen atoms in total. The molecule has 2 aliphatic heterocycles. The minimum absolute atomic E-state index is 0.166. The highest BCUT2D eigenvalue weighted by Crippen LogP contribution is 2.32. The highest BCUT2D eigenvalue weighted by Gasteiger charge is 2.19. The van der Waals surface area contributed by atoms with Crippen molar-refractivity contribution >= 4 is 5.91 Å². The lowest BCUT2D eigenvalue weighted by molar-refractivity contribution is -0.121. The van der Waals surface area contributed by atoms with Gasteiger partial charge in [0.15, 0.2) is 11.5 Å². The summed E-state index contributed by atoms with van der Waals surface area (Å²) in [7, 11) is 0. The quantitative estimate of drug-likeness (QED) is 0.818. The first-order valence-electron chi connectivity index (χ1n) is 8.84. The zero-order valence-corrected chi connectivity index (χ0v) is 14.4. The van der Waals surface area contributed by atoms with Crippen LogP contribution >= 0.6 is 0 Å². The van der Waals surface area contributed by atoms with Crippen molar-refractivity contribution in [3.05, 3.63) is 23.8 Å². The fourth-order valence-electron chi connectivity index (χ4n) is 3.08. The Labute approximate surface area is 143 Å². The molecule has 2 aliphatic rings. The Morgan fingerprint density at radius 3 is 2.67 bits per heavy atom.